The first-order valence-electron chi connectivity index (χ1n) is 6.15. The number of nitrogens with zero attached hydrogens (tertiary/aromatic N) is 1. The maximum Gasteiger partial charge on any atom is 0.260 e. The Labute approximate surface area is 126 Å². The topological polar surface area (TPSA) is 29.5 Å². The van der Waals surface area contributed by atoms with Gasteiger partial charge in [0.15, 0.2) is 0 Å². The molecule has 3 rings (SSSR count). The summed E-state index contributed by atoms with van der Waals surface area (Å²) >= 11 is 12.0. The minimum atomic E-state index is -0.173. The third-order valence-corrected chi connectivity index (χ3v) is 3.70. The standard InChI is InChI=1S/C15H11Cl2NO2/c16-10-5-6-12(17)11(9-10)15(19)18-7-8-20-14-4-2-1-3-13(14)18/h1-6,9H,7-8H2. The maximum absolute atomic E-state index is 12.7. The summed E-state index contributed by atoms with van der Waals surface area (Å²) in [5.74, 6) is 0.526. The second-order valence-corrected chi connectivity index (χ2v) is 5.24. The molecule has 0 unspecified atom stereocenters. The number of fused-ring (bicyclic) bond motifs is 1. The van der Waals surface area contributed by atoms with Crippen molar-refractivity contribution in [2.45, 2.75) is 0 Å². The molecule has 0 N–H and O–H groups in total. The van der Waals surface area contributed by atoms with E-state index in [0.717, 1.165) is 5.69 Å². The molecule has 2 aromatic carbocycles. The van der Waals surface area contributed by atoms with Crippen LogP contribution in [0, 0.1) is 0 Å². The highest BCUT2D eigenvalue weighted by Crippen LogP contribution is 2.33. The first kappa shape index (κ1) is 13.3. The summed E-state index contributed by atoms with van der Waals surface area (Å²) in [5.41, 5.74) is 1.15. The number of rotatable bonds is 1. The number of ether oxygens (including phenoxy) is 1. The number of amides is 1. The van der Waals surface area contributed by atoms with E-state index in [2.05, 4.69) is 0 Å². The molecule has 0 bridgehead atoms. The molecule has 0 saturated heterocycles. The average molecular weight is 308 g/mol. The smallest absolute Gasteiger partial charge is 0.260 e. The predicted octanol–water partition coefficient (Wildman–Crippen LogP) is 4.03. The van der Waals surface area contributed by atoms with Crippen LogP contribution in [0.2, 0.25) is 10.0 Å². The van der Waals surface area contributed by atoms with E-state index in [0.29, 0.717) is 34.5 Å². The van der Waals surface area contributed by atoms with Gasteiger partial charge in [0.25, 0.3) is 5.91 Å². The molecule has 20 heavy (non-hydrogen) atoms. The van der Waals surface area contributed by atoms with Gasteiger partial charge in [-0.1, -0.05) is 35.3 Å². The Balaban J connectivity index is 2.02. The fourth-order valence-corrected chi connectivity index (χ4v) is 2.56. The number of anilines is 1. The Bertz CT molecular complexity index is 673. The van der Waals surface area contributed by atoms with E-state index in [9.17, 15) is 4.79 Å². The number of hydrogen-bond donors (Lipinski definition) is 0. The molecule has 1 amide bonds. The monoisotopic (exact) mass is 307 g/mol. The third-order valence-electron chi connectivity index (χ3n) is 3.13. The molecule has 1 heterocycles. The fourth-order valence-electron chi connectivity index (χ4n) is 2.19. The molecule has 0 radical (unpaired) electrons. The van der Waals surface area contributed by atoms with Crippen molar-refractivity contribution >= 4 is 34.8 Å². The number of para-hydroxylation sites is 2. The zero-order chi connectivity index (χ0) is 14.1. The highest BCUT2D eigenvalue weighted by atomic mass is 35.5. The molecule has 2 aromatic rings. The molecule has 1 aliphatic heterocycles. The summed E-state index contributed by atoms with van der Waals surface area (Å²) < 4.78 is 5.54. The molecule has 5 heteroatoms. The van der Waals surface area contributed by atoms with Crippen LogP contribution in [-0.4, -0.2) is 19.1 Å². The predicted molar refractivity (Wildman–Crippen MR) is 80.1 cm³/mol. The van der Waals surface area contributed by atoms with Crippen molar-refractivity contribution in [2.24, 2.45) is 0 Å². The largest absolute Gasteiger partial charge is 0.490 e. The SMILES string of the molecule is O=C(c1cc(Cl)ccc1Cl)N1CCOc2ccccc21. The minimum Gasteiger partial charge on any atom is -0.490 e. The summed E-state index contributed by atoms with van der Waals surface area (Å²) in [4.78, 5) is 14.3. The van der Waals surface area contributed by atoms with Crippen LogP contribution in [0.5, 0.6) is 5.75 Å². The van der Waals surface area contributed by atoms with Gasteiger partial charge < -0.3 is 9.64 Å². The molecule has 0 aliphatic carbocycles. The van der Waals surface area contributed by atoms with E-state index in [1.165, 1.54) is 0 Å². The van der Waals surface area contributed by atoms with E-state index < -0.39 is 0 Å². The first-order valence-corrected chi connectivity index (χ1v) is 6.91. The quantitative estimate of drug-likeness (QED) is 0.796. The van der Waals surface area contributed by atoms with Gasteiger partial charge in [-0.15, -0.1) is 0 Å². The highest BCUT2D eigenvalue weighted by molar-refractivity contribution is 6.36. The van der Waals surface area contributed by atoms with Crippen molar-refractivity contribution in [1.82, 2.24) is 0 Å². The van der Waals surface area contributed by atoms with Crippen LogP contribution in [0.3, 0.4) is 0 Å². The van der Waals surface area contributed by atoms with E-state index in [4.69, 9.17) is 27.9 Å². The fraction of sp³-hybridized carbons (Fsp3) is 0.133. The third kappa shape index (κ3) is 2.35. The van der Waals surface area contributed by atoms with E-state index in [1.54, 1.807) is 23.1 Å². The summed E-state index contributed by atoms with van der Waals surface area (Å²) in [6.07, 6.45) is 0. The number of hydrogen-bond acceptors (Lipinski definition) is 2. The van der Waals surface area contributed by atoms with Crippen LogP contribution in [-0.2, 0) is 0 Å². The van der Waals surface area contributed by atoms with Crippen molar-refractivity contribution in [3.05, 3.63) is 58.1 Å². The lowest BCUT2D eigenvalue weighted by Crippen LogP contribution is -2.38. The van der Waals surface area contributed by atoms with E-state index in [-0.39, 0.29) is 5.91 Å². The lowest BCUT2D eigenvalue weighted by Gasteiger charge is -2.29. The van der Waals surface area contributed by atoms with Crippen LogP contribution >= 0.6 is 23.2 Å². The first-order chi connectivity index (χ1) is 9.66. The molecule has 0 aromatic heterocycles. The van der Waals surface area contributed by atoms with Crippen LogP contribution in [0.25, 0.3) is 0 Å². The van der Waals surface area contributed by atoms with Gasteiger partial charge in [0, 0.05) is 5.02 Å². The number of carbonyl (C=O) groups excluding carboxylic acids is 1. The molecular formula is C15H11Cl2NO2. The Morgan fingerprint density at radius 2 is 1.95 bits per heavy atom. The van der Waals surface area contributed by atoms with Crippen LogP contribution < -0.4 is 9.64 Å². The minimum absolute atomic E-state index is 0.173. The van der Waals surface area contributed by atoms with E-state index >= 15 is 0 Å². The lowest BCUT2D eigenvalue weighted by molar-refractivity contribution is 0.0976. The van der Waals surface area contributed by atoms with Crippen LogP contribution in [0.1, 0.15) is 10.4 Å². The molecule has 0 atom stereocenters. The van der Waals surface area contributed by atoms with Gasteiger partial charge in [0.1, 0.15) is 12.4 Å². The maximum atomic E-state index is 12.7. The zero-order valence-electron chi connectivity index (χ0n) is 10.5. The Kier molecular flexibility index (Phi) is 3.55. The summed E-state index contributed by atoms with van der Waals surface area (Å²) in [5, 5.41) is 0.877. The van der Waals surface area contributed by atoms with Gasteiger partial charge in [-0.3, -0.25) is 4.79 Å². The van der Waals surface area contributed by atoms with Gasteiger partial charge >= 0.3 is 0 Å². The number of benzene rings is 2. The number of halogens is 2. The molecule has 1 aliphatic rings. The summed E-state index contributed by atoms with van der Waals surface area (Å²) in [7, 11) is 0. The molecule has 0 fully saturated rings. The molecule has 0 saturated carbocycles. The van der Waals surface area contributed by atoms with Crippen molar-refractivity contribution in [2.75, 3.05) is 18.1 Å². The lowest BCUT2D eigenvalue weighted by atomic mass is 10.1. The molecule has 3 nitrogen and oxygen atoms in total. The van der Waals surface area contributed by atoms with E-state index in [1.807, 2.05) is 24.3 Å². The van der Waals surface area contributed by atoms with Gasteiger partial charge in [-0.05, 0) is 30.3 Å². The summed E-state index contributed by atoms with van der Waals surface area (Å²) in [6.45, 7) is 0.944. The van der Waals surface area contributed by atoms with Crippen LogP contribution in [0.15, 0.2) is 42.5 Å². The second kappa shape index (κ2) is 5.35. The van der Waals surface area contributed by atoms with Gasteiger partial charge in [-0.25, -0.2) is 0 Å². The number of carbonyl (C=O) groups is 1. The Morgan fingerprint density at radius 1 is 1.15 bits per heavy atom. The second-order valence-electron chi connectivity index (χ2n) is 4.40. The van der Waals surface area contributed by atoms with Crippen LogP contribution in [0.4, 0.5) is 5.69 Å². The van der Waals surface area contributed by atoms with Crippen molar-refractivity contribution in [3.63, 3.8) is 0 Å². The van der Waals surface area contributed by atoms with Crippen molar-refractivity contribution < 1.29 is 9.53 Å². The highest BCUT2D eigenvalue weighted by Gasteiger charge is 2.25. The van der Waals surface area contributed by atoms with Crippen molar-refractivity contribution in [1.29, 1.82) is 0 Å². The Morgan fingerprint density at radius 3 is 2.80 bits per heavy atom. The Hall–Kier alpha value is -1.71. The molecule has 0 spiro atoms. The summed E-state index contributed by atoms with van der Waals surface area (Å²) in [6, 6.07) is 12.3. The van der Waals surface area contributed by atoms with Gasteiger partial charge in [0.2, 0.25) is 0 Å². The molecular weight excluding hydrogens is 297 g/mol. The normalized spacial score (nSPS) is 13.6. The van der Waals surface area contributed by atoms with Gasteiger partial charge in [0.05, 0.1) is 22.8 Å². The van der Waals surface area contributed by atoms with Gasteiger partial charge in [-0.2, -0.15) is 0 Å². The average Bonchev–Trinajstić information content (AvgIpc) is 2.48. The molecule has 102 valence electrons. The zero-order valence-corrected chi connectivity index (χ0v) is 12.0. The van der Waals surface area contributed by atoms with Crippen molar-refractivity contribution in [3.8, 4) is 5.75 Å².